The molecule has 15 heavy (non-hydrogen) atoms. The highest BCUT2D eigenvalue weighted by molar-refractivity contribution is 5.91. The van der Waals surface area contributed by atoms with Crippen molar-refractivity contribution in [1.29, 1.82) is 0 Å². The maximum Gasteiger partial charge on any atom is 0.358 e. The van der Waals surface area contributed by atoms with Gasteiger partial charge in [0.05, 0.1) is 32.1 Å². The van der Waals surface area contributed by atoms with Crippen molar-refractivity contribution in [2.75, 3.05) is 25.6 Å². The number of nitrogen functional groups attached to an aromatic ring is 1. The molecule has 0 bridgehead atoms. The Morgan fingerprint density at radius 1 is 1.60 bits per heavy atom. The van der Waals surface area contributed by atoms with E-state index in [4.69, 9.17) is 20.7 Å². The van der Waals surface area contributed by atoms with Crippen LogP contribution in [0.2, 0.25) is 0 Å². The zero-order valence-electron chi connectivity index (χ0n) is 8.09. The van der Waals surface area contributed by atoms with Crippen LogP contribution in [0, 0.1) is 0 Å². The van der Waals surface area contributed by atoms with E-state index in [-0.39, 0.29) is 24.6 Å². The van der Waals surface area contributed by atoms with E-state index in [1.54, 1.807) is 0 Å². The highest BCUT2D eigenvalue weighted by Crippen LogP contribution is 2.08. The van der Waals surface area contributed by atoms with Crippen LogP contribution >= 0.6 is 0 Å². The highest BCUT2D eigenvalue weighted by atomic mass is 16.5. The van der Waals surface area contributed by atoms with Crippen LogP contribution in [0.25, 0.3) is 0 Å². The number of hydrogen-bond donors (Lipinski definition) is 3. The van der Waals surface area contributed by atoms with Gasteiger partial charge in [0.25, 0.3) is 0 Å². The molecule has 0 aromatic carbocycles. The predicted octanol–water partition coefficient (Wildman–Crippen LogP) is -0.828. The largest absolute Gasteiger partial charge is 0.476 e. The molecule has 0 fully saturated rings. The molecule has 0 unspecified atom stereocenters. The van der Waals surface area contributed by atoms with Gasteiger partial charge in [-0.1, -0.05) is 0 Å². The molecule has 7 heteroatoms. The summed E-state index contributed by atoms with van der Waals surface area (Å²) in [5, 5.41) is 20.9. The third kappa shape index (κ3) is 3.22. The van der Waals surface area contributed by atoms with Gasteiger partial charge in [-0.05, 0) is 0 Å². The summed E-state index contributed by atoms with van der Waals surface area (Å²) in [5.74, 6) is -1.15. The molecule has 1 rings (SSSR count). The first-order valence-corrected chi connectivity index (χ1v) is 4.40. The van der Waals surface area contributed by atoms with Gasteiger partial charge in [-0.2, -0.15) is 5.10 Å². The zero-order valence-corrected chi connectivity index (χ0v) is 8.09. The van der Waals surface area contributed by atoms with Crippen LogP contribution in [0.4, 0.5) is 5.69 Å². The number of rotatable bonds is 6. The number of carboxylic acids is 1. The van der Waals surface area contributed by atoms with E-state index in [9.17, 15) is 4.79 Å². The Labute approximate surface area is 86.1 Å². The van der Waals surface area contributed by atoms with Crippen molar-refractivity contribution in [3.05, 3.63) is 11.9 Å². The maximum atomic E-state index is 10.6. The molecular weight excluding hydrogens is 202 g/mol. The molecule has 0 atom stereocenters. The van der Waals surface area contributed by atoms with Crippen molar-refractivity contribution < 1.29 is 19.7 Å². The van der Waals surface area contributed by atoms with Gasteiger partial charge in [-0.15, -0.1) is 0 Å². The monoisotopic (exact) mass is 215 g/mol. The number of carboxylic acid groups (broad SMARTS) is 1. The normalized spacial score (nSPS) is 10.5. The SMILES string of the molecule is Nc1cn(CCOCCO)nc1C(=O)O. The summed E-state index contributed by atoms with van der Waals surface area (Å²) in [6.45, 7) is 0.961. The average Bonchev–Trinajstić information content (AvgIpc) is 2.55. The topological polar surface area (TPSA) is 111 Å². The average molecular weight is 215 g/mol. The molecule has 7 nitrogen and oxygen atoms in total. The van der Waals surface area contributed by atoms with E-state index in [0.717, 1.165) is 0 Å². The molecule has 0 saturated carbocycles. The maximum absolute atomic E-state index is 10.6. The van der Waals surface area contributed by atoms with Gasteiger partial charge in [0.2, 0.25) is 0 Å². The Morgan fingerprint density at radius 3 is 2.87 bits per heavy atom. The number of nitrogens with two attached hydrogens (primary N) is 1. The van der Waals surface area contributed by atoms with Crippen LogP contribution in [0.15, 0.2) is 6.20 Å². The fourth-order valence-electron chi connectivity index (χ4n) is 1.04. The van der Waals surface area contributed by atoms with Gasteiger partial charge >= 0.3 is 5.97 Å². The van der Waals surface area contributed by atoms with Gasteiger partial charge in [-0.3, -0.25) is 4.68 Å². The Kier molecular flexibility index (Phi) is 4.07. The van der Waals surface area contributed by atoms with E-state index < -0.39 is 5.97 Å². The van der Waals surface area contributed by atoms with Crippen molar-refractivity contribution in [3.8, 4) is 0 Å². The third-order valence-electron chi connectivity index (χ3n) is 1.69. The number of anilines is 1. The lowest BCUT2D eigenvalue weighted by molar-refractivity contribution is 0.0687. The quantitative estimate of drug-likeness (QED) is 0.534. The molecule has 0 aliphatic carbocycles. The smallest absolute Gasteiger partial charge is 0.358 e. The van der Waals surface area contributed by atoms with Gasteiger partial charge in [-0.25, -0.2) is 4.79 Å². The van der Waals surface area contributed by atoms with E-state index in [1.165, 1.54) is 10.9 Å². The highest BCUT2D eigenvalue weighted by Gasteiger charge is 2.12. The molecule has 1 aromatic rings. The van der Waals surface area contributed by atoms with Crippen molar-refractivity contribution in [3.63, 3.8) is 0 Å². The van der Waals surface area contributed by atoms with E-state index in [1.807, 2.05) is 0 Å². The lowest BCUT2D eigenvalue weighted by atomic mass is 10.4. The van der Waals surface area contributed by atoms with Gasteiger partial charge < -0.3 is 20.7 Å². The minimum atomic E-state index is -1.15. The van der Waals surface area contributed by atoms with Crippen molar-refractivity contribution >= 4 is 11.7 Å². The van der Waals surface area contributed by atoms with E-state index in [2.05, 4.69) is 5.10 Å². The van der Waals surface area contributed by atoms with Crippen molar-refractivity contribution in [1.82, 2.24) is 9.78 Å². The van der Waals surface area contributed by atoms with Gasteiger partial charge in [0, 0.05) is 6.20 Å². The Hall–Kier alpha value is -1.60. The molecule has 0 saturated heterocycles. The second kappa shape index (κ2) is 5.32. The minimum Gasteiger partial charge on any atom is -0.476 e. The molecule has 1 heterocycles. The zero-order chi connectivity index (χ0) is 11.3. The Bertz CT molecular complexity index is 337. The number of aromatic nitrogens is 2. The first kappa shape index (κ1) is 11.5. The van der Waals surface area contributed by atoms with Crippen LogP contribution in [0.3, 0.4) is 0 Å². The van der Waals surface area contributed by atoms with Crippen LogP contribution < -0.4 is 5.73 Å². The summed E-state index contributed by atoms with van der Waals surface area (Å²) in [4.78, 5) is 10.6. The first-order valence-electron chi connectivity index (χ1n) is 4.40. The number of carbonyl (C=O) groups is 1. The van der Waals surface area contributed by atoms with E-state index >= 15 is 0 Å². The molecule has 84 valence electrons. The third-order valence-corrected chi connectivity index (χ3v) is 1.69. The summed E-state index contributed by atoms with van der Waals surface area (Å²) < 4.78 is 6.40. The number of ether oxygens (including phenoxy) is 1. The molecule has 0 radical (unpaired) electrons. The lowest BCUT2D eigenvalue weighted by Crippen LogP contribution is -2.09. The minimum absolute atomic E-state index is 0.0401. The molecule has 0 aliphatic heterocycles. The second-order valence-corrected chi connectivity index (χ2v) is 2.84. The van der Waals surface area contributed by atoms with Crippen molar-refractivity contribution in [2.24, 2.45) is 0 Å². The molecule has 1 aromatic heterocycles. The summed E-state index contributed by atoms with van der Waals surface area (Å²) in [7, 11) is 0. The number of aliphatic hydroxyl groups excluding tert-OH is 1. The standard InChI is InChI=1S/C8H13N3O4/c9-6-5-11(1-3-15-4-2-12)10-7(6)8(13)14/h5,12H,1-4,9H2,(H,13,14). The van der Waals surface area contributed by atoms with Crippen molar-refractivity contribution in [2.45, 2.75) is 6.54 Å². The predicted molar refractivity (Wildman–Crippen MR) is 51.5 cm³/mol. The number of aromatic carboxylic acids is 1. The number of nitrogens with zero attached hydrogens (tertiary/aromatic N) is 2. The molecule has 0 spiro atoms. The van der Waals surface area contributed by atoms with E-state index in [0.29, 0.717) is 13.2 Å². The summed E-state index contributed by atoms with van der Waals surface area (Å²) in [5.41, 5.74) is 5.40. The molecule has 0 amide bonds. The van der Waals surface area contributed by atoms with Crippen LogP contribution in [0.1, 0.15) is 10.5 Å². The lowest BCUT2D eigenvalue weighted by Gasteiger charge is -2.01. The fraction of sp³-hybridized carbons (Fsp3) is 0.500. The molecular formula is C8H13N3O4. The molecule has 0 aliphatic rings. The second-order valence-electron chi connectivity index (χ2n) is 2.84. The van der Waals surface area contributed by atoms with Crippen LogP contribution in [-0.4, -0.2) is 45.8 Å². The van der Waals surface area contributed by atoms with Gasteiger partial charge in [0.15, 0.2) is 5.69 Å². The van der Waals surface area contributed by atoms with Crippen LogP contribution in [0.5, 0.6) is 0 Å². The Balaban J connectivity index is 2.48. The number of hydrogen-bond acceptors (Lipinski definition) is 5. The molecule has 4 N–H and O–H groups in total. The summed E-state index contributed by atoms with van der Waals surface area (Å²) >= 11 is 0. The summed E-state index contributed by atoms with van der Waals surface area (Å²) in [6.07, 6.45) is 1.44. The Morgan fingerprint density at radius 2 is 2.33 bits per heavy atom. The van der Waals surface area contributed by atoms with Gasteiger partial charge in [0.1, 0.15) is 0 Å². The number of aliphatic hydroxyl groups is 1. The fourth-order valence-corrected chi connectivity index (χ4v) is 1.04. The first-order chi connectivity index (χ1) is 7.15. The summed E-state index contributed by atoms with van der Waals surface area (Å²) in [6, 6.07) is 0. The van der Waals surface area contributed by atoms with Crippen LogP contribution in [-0.2, 0) is 11.3 Å².